The van der Waals surface area contributed by atoms with Crippen LogP contribution in [0.3, 0.4) is 0 Å². The Bertz CT molecular complexity index is 1180. The predicted octanol–water partition coefficient (Wildman–Crippen LogP) is 4.34. The lowest BCUT2D eigenvalue weighted by Gasteiger charge is -2.40. The fourth-order valence-electron chi connectivity index (χ4n) is 4.95. The third-order valence-corrected chi connectivity index (χ3v) is 6.72. The van der Waals surface area contributed by atoms with E-state index >= 15 is 0 Å². The predicted molar refractivity (Wildman–Crippen MR) is 134 cm³/mol. The first-order valence-corrected chi connectivity index (χ1v) is 13.0. The van der Waals surface area contributed by atoms with Crippen molar-refractivity contribution in [1.82, 2.24) is 19.8 Å². The molecule has 3 atom stereocenters. The second-order valence-corrected chi connectivity index (χ2v) is 10.9. The Morgan fingerprint density at radius 1 is 1.18 bits per heavy atom. The fourth-order valence-corrected chi connectivity index (χ4v) is 4.95. The van der Waals surface area contributed by atoms with E-state index in [9.17, 15) is 18.4 Å². The summed E-state index contributed by atoms with van der Waals surface area (Å²) >= 11 is 0. The maximum absolute atomic E-state index is 14.7. The molecule has 1 saturated heterocycles. The number of halogens is 2. The number of rotatable bonds is 7. The second-order valence-electron chi connectivity index (χ2n) is 10.9. The smallest absolute Gasteiger partial charge is 0.407 e. The molecule has 0 aliphatic carbocycles. The van der Waals surface area contributed by atoms with E-state index in [-0.39, 0.29) is 36.8 Å². The number of carbonyl (C=O) groups is 2. The Morgan fingerprint density at radius 2 is 1.95 bits per heavy atom. The summed E-state index contributed by atoms with van der Waals surface area (Å²) in [6.45, 7) is 11.8. The monoisotopic (exact) mass is 534 g/mol. The first kappa shape index (κ1) is 28.0. The van der Waals surface area contributed by atoms with Crippen molar-refractivity contribution in [3.05, 3.63) is 52.6 Å². The van der Waals surface area contributed by atoms with Gasteiger partial charge in [0.1, 0.15) is 17.7 Å². The molecule has 208 valence electrons. The molecule has 3 heterocycles. The number of hydrogen-bond donors (Lipinski definition) is 1. The van der Waals surface area contributed by atoms with Gasteiger partial charge in [-0.15, -0.1) is 0 Å². The van der Waals surface area contributed by atoms with Crippen molar-refractivity contribution in [3.63, 3.8) is 0 Å². The fraction of sp³-hybridized carbons (Fsp3) is 0.593. The number of alkyl carbamates (subject to hydrolysis) is 1. The average Bonchev–Trinajstić information content (AvgIpc) is 3.42. The van der Waals surface area contributed by atoms with Crippen LogP contribution in [0.1, 0.15) is 74.7 Å². The van der Waals surface area contributed by atoms with Gasteiger partial charge in [-0.3, -0.25) is 4.90 Å². The van der Waals surface area contributed by atoms with Gasteiger partial charge in [-0.25, -0.2) is 23.4 Å². The standard InChI is InChI=1S/C27H36F2N4O5/c1-6-33-22-13-32(12-21(22)30-24(33)25(34)36-7-2)17-11-20(31-26(35)38-15-27(3,4)5)23(37-14-17)18-10-16(28)8-9-19(18)29/h8-10,17,20,23H,6-7,11-15H2,1-5H3,(H,31,35)/t17-,20+,23-/m1/s1. The number of nitrogens with zero attached hydrogens (tertiary/aromatic N) is 3. The number of imidazole rings is 1. The Kier molecular flexibility index (Phi) is 8.37. The van der Waals surface area contributed by atoms with E-state index in [1.54, 1.807) is 6.92 Å². The molecule has 2 aromatic rings. The van der Waals surface area contributed by atoms with E-state index < -0.39 is 35.8 Å². The largest absolute Gasteiger partial charge is 0.460 e. The summed E-state index contributed by atoms with van der Waals surface area (Å²) < 4.78 is 47.2. The Labute approximate surface area is 221 Å². The molecule has 38 heavy (non-hydrogen) atoms. The van der Waals surface area contributed by atoms with Crippen LogP contribution in [0.25, 0.3) is 0 Å². The van der Waals surface area contributed by atoms with Gasteiger partial charge < -0.3 is 24.1 Å². The van der Waals surface area contributed by atoms with Crippen molar-refractivity contribution < 1.29 is 32.6 Å². The van der Waals surface area contributed by atoms with Crippen LogP contribution in [0.4, 0.5) is 13.6 Å². The zero-order valence-electron chi connectivity index (χ0n) is 22.6. The molecule has 11 heteroatoms. The highest BCUT2D eigenvalue weighted by Gasteiger charge is 2.40. The number of ether oxygens (including phenoxy) is 3. The second kappa shape index (κ2) is 11.4. The van der Waals surface area contributed by atoms with Crippen LogP contribution in [0.5, 0.6) is 0 Å². The lowest BCUT2D eigenvalue weighted by molar-refractivity contribution is -0.0615. The lowest BCUT2D eigenvalue weighted by atomic mass is 9.92. The number of fused-ring (bicyclic) bond motifs is 1. The van der Waals surface area contributed by atoms with Crippen molar-refractivity contribution in [1.29, 1.82) is 0 Å². The van der Waals surface area contributed by atoms with Crippen LogP contribution < -0.4 is 5.32 Å². The maximum Gasteiger partial charge on any atom is 0.407 e. The Balaban J connectivity index is 1.52. The van der Waals surface area contributed by atoms with Gasteiger partial charge in [0.2, 0.25) is 5.82 Å². The first-order chi connectivity index (χ1) is 18.0. The number of benzene rings is 1. The SMILES string of the molecule is CCOC(=O)c1nc2c(n1CC)CN([C@H]1CO[C@H](c3cc(F)ccc3F)[C@@H](NC(=O)OCC(C)(C)C)C1)C2. The molecule has 4 rings (SSSR count). The normalized spacial score (nSPS) is 21.7. The topological polar surface area (TPSA) is 94.9 Å². The van der Waals surface area contributed by atoms with Crippen LogP contribution in [-0.2, 0) is 33.8 Å². The van der Waals surface area contributed by atoms with Gasteiger partial charge in [-0.2, -0.15) is 0 Å². The highest BCUT2D eigenvalue weighted by atomic mass is 19.1. The summed E-state index contributed by atoms with van der Waals surface area (Å²) in [6, 6.07) is 2.41. The molecular formula is C27H36F2N4O5. The number of esters is 1. The van der Waals surface area contributed by atoms with E-state index in [2.05, 4.69) is 15.2 Å². The first-order valence-electron chi connectivity index (χ1n) is 13.0. The van der Waals surface area contributed by atoms with Crippen LogP contribution in [0.15, 0.2) is 18.2 Å². The highest BCUT2D eigenvalue weighted by Crippen LogP contribution is 2.35. The summed E-state index contributed by atoms with van der Waals surface area (Å²) in [5, 5.41) is 2.83. The number of amides is 1. The minimum Gasteiger partial charge on any atom is -0.460 e. The molecule has 0 saturated carbocycles. The quantitative estimate of drug-likeness (QED) is 0.528. The maximum atomic E-state index is 14.7. The molecule has 1 aromatic carbocycles. The molecule has 0 unspecified atom stereocenters. The highest BCUT2D eigenvalue weighted by molar-refractivity contribution is 5.86. The van der Waals surface area contributed by atoms with Crippen molar-refractivity contribution >= 4 is 12.1 Å². The zero-order valence-corrected chi connectivity index (χ0v) is 22.6. The molecule has 0 bridgehead atoms. The van der Waals surface area contributed by atoms with E-state index in [1.165, 1.54) is 0 Å². The summed E-state index contributed by atoms with van der Waals surface area (Å²) in [4.78, 5) is 31.7. The van der Waals surface area contributed by atoms with Gasteiger partial charge in [0.05, 0.1) is 37.3 Å². The van der Waals surface area contributed by atoms with Crippen molar-refractivity contribution in [2.45, 2.75) is 78.9 Å². The van der Waals surface area contributed by atoms with Crippen molar-refractivity contribution in [2.75, 3.05) is 19.8 Å². The van der Waals surface area contributed by atoms with Crippen LogP contribution in [-0.4, -0.2) is 58.4 Å². The molecule has 2 aliphatic rings. The van der Waals surface area contributed by atoms with Crippen LogP contribution in [0, 0.1) is 17.0 Å². The van der Waals surface area contributed by atoms with Gasteiger partial charge in [-0.1, -0.05) is 20.8 Å². The number of aromatic nitrogens is 2. The summed E-state index contributed by atoms with van der Waals surface area (Å²) in [7, 11) is 0. The van der Waals surface area contributed by atoms with Gasteiger partial charge in [0.25, 0.3) is 0 Å². The van der Waals surface area contributed by atoms with Gasteiger partial charge in [-0.05, 0) is 43.9 Å². The Hall–Kier alpha value is -3.05. The van der Waals surface area contributed by atoms with E-state index in [4.69, 9.17) is 14.2 Å². The van der Waals surface area contributed by atoms with Gasteiger partial charge >= 0.3 is 12.1 Å². The van der Waals surface area contributed by atoms with Crippen LogP contribution in [0.2, 0.25) is 0 Å². The Morgan fingerprint density at radius 3 is 2.63 bits per heavy atom. The van der Waals surface area contributed by atoms with Crippen LogP contribution >= 0.6 is 0 Å². The van der Waals surface area contributed by atoms with Crippen molar-refractivity contribution in [3.8, 4) is 0 Å². The summed E-state index contributed by atoms with van der Waals surface area (Å²) in [5.41, 5.74) is 1.55. The number of nitrogens with one attached hydrogen (secondary N) is 1. The number of hydrogen-bond acceptors (Lipinski definition) is 7. The number of carbonyl (C=O) groups excluding carboxylic acids is 2. The van der Waals surface area contributed by atoms with Gasteiger partial charge in [0.15, 0.2) is 0 Å². The minimum absolute atomic E-state index is 0.0486. The minimum atomic E-state index is -0.882. The molecule has 0 spiro atoms. The van der Waals surface area contributed by atoms with Crippen molar-refractivity contribution in [2.24, 2.45) is 5.41 Å². The molecule has 1 aromatic heterocycles. The molecular weight excluding hydrogens is 498 g/mol. The zero-order chi connectivity index (χ0) is 27.6. The molecule has 1 N–H and O–H groups in total. The summed E-state index contributed by atoms with van der Waals surface area (Å²) in [5.74, 6) is -1.35. The summed E-state index contributed by atoms with van der Waals surface area (Å²) in [6.07, 6.45) is -1.10. The average molecular weight is 535 g/mol. The van der Waals surface area contributed by atoms with E-state index in [0.29, 0.717) is 31.9 Å². The van der Waals surface area contributed by atoms with Gasteiger partial charge in [0, 0.05) is 31.2 Å². The third kappa shape index (κ3) is 6.15. The third-order valence-electron chi connectivity index (χ3n) is 6.72. The van der Waals surface area contributed by atoms with E-state index in [1.807, 2.05) is 32.3 Å². The van der Waals surface area contributed by atoms with E-state index in [0.717, 1.165) is 29.6 Å². The molecule has 2 aliphatic heterocycles. The molecule has 0 radical (unpaired) electrons. The lowest BCUT2D eigenvalue weighted by Crippen LogP contribution is -2.51. The molecule has 1 amide bonds. The molecule has 1 fully saturated rings. The molecule has 9 nitrogen and oxygen atoms in total.